The average Bonchev–Trinajstić information content (AvgIpc) is 3.25. The number of carbonyl (C=O) groups is 1. The third kappa shape index (κ3) is 1.90. The van der Waals surface area contributed by atoms with Crippen molar-refractivity contribution in [3.8, 4) is 0 Å². The highest BCUT2D eigenvalue weighted by molar-refractivity contribution is 5.80. The standard InChI is InChI=1S/C21H32O5/c1-13-10-14-16-18(2,17(22)25-14)6-5-7-19(16,3)21(13)9-8-20(26-21)11-15(23-4)24-12-20/h13-16H,5-12H2,1-4H3/t13-,14-,15+,16+,18+,19+,20+,21-/m1/s1. The lowest BCUT2D eigenvalue weighted by Crippen LogP contribution is -2.65. The molecule has 0 unspecified atom stereocenters. The first-order valence-electron chi connectivity index (χ1n) is 10.3. The van der Waals surface area contributed by atoms with E-state index in [4.69, 9.17) is 18.9 Å². The van der Waals surface area contributed by atoms with Crippen LogP contribution in [0.5, 0.6) is 0 Å². The van der Waals surface area contributed by atoms with Gasteiger partial charge in [-0.3, -0.25) is 4.79 Å². The molecule has 5 nitrogen and oxygen atoms in total. The largest absolute Gasteiger partial charge is 0.462 e. The molecule has 2 saturated carbocycles. The second kappa shape index (κ2) is 5.24. The molecular weight excluding hydrogens is 332 g/mol. The third-order valence-electron chi connectivity index (χ3n) is 8.89. The molecule has 3 heterocycles. The van der Waals surface area contributed by atoms with Gasteiger partial charge in [0.1, 0.15) is 6.10 Å². The number of hydrogen-bond donors (Lipinski definition) is 0. The highest BCUT2D eigenvalue weighted by atomic mass is 16.7. The summed E-state index contributed by atoms with van der Waals surface area (Å²) in [6.07, 6.45) is 6.87. The van der Waals surface area contributed by atoms with E-state index in [0.29, 0.717) is 12.5 Å². The van der Waals surface area contributed by atoms with Crippen LogP contribution in [0.3, 0.4) is 0 Å². The van der Waals surface area contributed by atoms with Gasteiger partial charge in [0.25, 0.3) is 0 Å². The SMILES string of the molecule is CO[C@@H]1C[C@@]2(CC[C@@]3(O2)[C@H](C)C[C@H]2OC(=O)[C@@]4(C)CCC[C@@]3(C)[C@@H]24)CO1. The molecule has 0 aromatic carbocycles. The normalized spacial score (nSPS) is 58.4. The molecule has 3 aliphatic heterocycles. The van der Waals surface area contributed by atoms with Gasteiger partial charge in [-0.2, -0.15) is 0 Å². The molecule has 3 saturated heterocycles. The van der Waals surface area contributed by atoms with Crippen LogP contribution in [0.15, 0.2) is 0 Å². The number of methoxy groups -OCH3 is 1. The van der Waals surface area contributed by atoms with Crippen molar-refractivity contribution < 1.29 is 23.7 Å². The van der Waals surface area contributed by atoms with Gasteiger partial charge in [-0.05, 0) is 44.9 Å². The molecule has 2 aliphatic carbocycles. The van der Waals surface area contributed by atoms with Crippen molar-refractivity contribution in [3.63, 3.8) is 0 Å². The summed E-state index contributed by atoms with van der Waals surface area (Å²) in [5.41, 5.74) is -0.772. The lowest BCUT2D eigenvalue weighted by Gasteiger charge is -2.62. The van der Waals surface area contributed by atoms with Gasteiger partial charge in [-0.1, -0.05) is 20.3 Å². The number of hydrogen-bond acceptors (Lipinski definition) is 5. The van der Waals surface area contributed by atoms with Gasteiger partial charge >= 0.3 is 5.97 Å². The molecule has 0 radical (unpaired) electrons. The summed E-state index contributed by atoms with van der Waals surface area (Å²) in [4.78, 5) is 12.8. The summed E-state index contributed by atoms with van der Waals surface area (Å²) in [6, 6.07) is 0. The first kappa shape index (κ1) is 17.4. The molecule has 0 aromatic heterocycles. The Morgan fingerprint density at radius 3 is 2.69 bits per heavy atom. The van der Waals surface area contributed by atoms with Crippen LogP contribution in [0.1, 0.15) is 65.7 Å². The molecule has 0 amide bonds. The zero-order valence-corrected chi connectivity index (χ0v) is 16.5. The van der Waals surface area contributed by atoms with Gasteiger partial charge in [0.15, 0.2) is 6.29 Å². The molecule has 0 N–H and O–H groups in total. The van der Waals surface area contributed by atoms with Crippen LogP contribution in [0.4, 0.5) is 0 Å². The fourth-order valence-electron chi connectivity index (χ4n) is 7.70. The van der Waals surface area contributed by atoms with E-state index in [2.05, 4.69) is 20.8 Å². The molecule has 5 rings (SSSR count). The van der Waals surface area contributed by atoms with Crippen LogP contribution in [-0.2, 0) is 23.7 Å². The monoisotopic (exact) mass is 364 g/mol. The Morgan fingerprint density at radius 1 is 1.15 bits per heavy atom. The number of rotatable bonds is 1. The Bertz CT molecular complexity index is 636. The average molecular weight is 364 g/mol. The van der Waals surface area contributed by atoms with Crippen LogP contribution in [0.25, 0.3) is 0 Å². The Kier molecular flexibility index (Phi) is 3.51. The van der Waals surface area contributed by atoms with Crippen LogP contribution in [0.2, 0.25) is 0 Å². The summed E-state index contributed by atoms with van der Waals surface area (Å²) >= 11 is 0. The lowest BCUT2D eigenvalue weighted by atomic mass is 9.44. The number of esters is 1. The summed E-state index contributed by atoms with van der Waals surface area (Å²) in [5, 5.41) is 0. The van der Waals surface area contributed by atoms with Crippen molar-refractivity contribution in [3.05, 3.63) is 0 Å². The molecular formula is C21H32O5. The molecule has 5 aliphatic rings. The first-order valence-corrected chi connectivity index (χ1v) is 10.3. The van der Waals surface area contributed by atoms with E-state index in [-0.39, 0.29) is 46.3 Å². The minimum atomic E-state index is -0.342. The van der Waals surface area contributed by atoms with Crippen LogP contribution < -0.4 is 0 Å². The predicted molar refractivity (Wildman–Crippen MR) is 94.4 cm³/mol. The van der Waals surface area contributed by atoms with E-state index in [9.17, 15) is 4.79 Å². The number of carbonyl (C=O) groups excluding carboxylic acids is 1. The van der Waals surface area contributed by atoms with Crippen molar-refractivity contribution in [2.24, 2.45) is 22.7 Å². The number of ether oxygens (including phenoxy) is 4. The van der Waals surface area contributed by atoms with Crippen molar-refractivity contribution in [2.75, 3.05) is 13.7 Å². The zero-order chi connectivity index (χ0) is 18.4. The van der Waals surface area contributed by atoms with Gasteiger partial charge in [0.05, 0.1) is 23.2 Å². The molecule has 146 valence electrons. The maximum Gasteiger partial charge on any atom is 0.312 e. The Hall–Kier alpha value is -0.650. The van der Waals surface area contributed by atoms with Crippen molar-refractivity contribution in [1.82, 2.24) is 0 Å². The first-order chi connectivity index (χ1) is 12.3. The van der Waals surface area contributed by atoms with Crippen molar-refractivity contribution in [1.29, 1.82) is 0 Å². The third-order valence-corrected chi connectivity index (χ3v) is 8.89. The van der Waals surface area contributed by atoms with Crippen LogP contribution >= 0.6 is 0 Å². The topological polar surface area (TPSA) is 54.0 Å². The van der Waals surface area contributed by atoms with Gasteiger partial charge in [-0.15, -0.1) is 0 Å². The molecule has 5 heteroatoms. The smallest absolute Gasteiger partial charge is 0.312 e. The van der Waals surface area contributed by atoms with E-state index in [1.54, 1.807) is 7.11 Å². The quantitative estimate of drug-likeness (QED) is 0.667. The van der Waals surface area contributed by atoms with Crippen molar-refractivity contribution in [2.45, 2.75) is 89.3 Å². The maximum absolute atomic E-state index is 12.8. The second-order valence-corrected chi connectivity index (χ2v) is 10.1. The van der Waals surface area contributed by atoms with Crippen molar-refractivity contribution >= 4 is 5.97 Å². The molecule has 5 fully saturated rings. The van der Waals surface area contributed by atoms with Gasteiger partial charge < -0.3 is 18.9 Å². The van der Waals surface area contributed by atoms with Gasteiger partial charge in [0, 0.05) is 24.9 Å². The fraction of sp³-hybridized carbons (Fsp3) is 0.952. The van der Waals surface area contributed by atoms with E-state index >= 15 is 0 Å². The summed E-state index contributed by atoms with van der Waals surface area (Å²) < 4.78 is 24.3. The highest BCUT2D eigenvalue weighted by Crippen LogP contribution is 2.70. The van der Waals surface area contributed by atoms with Crippen LogP contribution in [-0.4, -0.2) is 43.3 Å². The van der Waals surface area contributed by atoms with E-state index in [1.807, 2.05) is 0 Å². The molecule has 0 bridgehead atoms. The number of fused-ring (bicyclic) bond motifs is 1. The van der Waals surface area contributed by atoms with E-state index in [1.165, 1.54) is 0 Å². The Balaban J connectivity index is 1.55. The van der Waals surface area contributed by atoms with Gasteiger partial charge in [-0.25, -0.2) is 0 Å². The summed E-state index contributed by atoms with van der Waals surface area (Å²) in [5.74, 6) is 0.671. The minimum Gasteiger partial charge on any atom is -0.462 e. The van der Waals surface area contributed by atoms with Gasteiger partial charge in [0.2, 0.25) is 0 Å². The molecule has 0 aromatic rings. The zero-order valence-electron chi connectivity index (χ0n) is 16.5. The lowest BCUT2D eigenvalue weighted by molar-refractivity contribution is -0.251. The predicted octanol–water partition coefficient (Wildman–Crippen LogP) is 3.45. The Morgan fingerprint density at radius 2 is 1.96 bits per heavy atom. The van der Waals surface area contributed by atoms with Crippen LogP contribution in [0, 0.1) is 22.7 Å². The van der Waals surface area contributed by atoms with E-state index in [0.717, 1.165) is 44.9 Å². The molecule has 2 spiro atoms. The Labute approximate surface area is 156 Å². The highest BCUT2D eigenvalue weighted by Gasteiger charge is 2.74. The second-order valence-electron chi connectivity index (χ2n) is 10.1. The molecule has 8 atom stereocenters. The maximum atomic E-state index is 12.8. The summed E-state index contributed by atoms with van der Waals surface area (Å²) in [6.45, 7) is 7.47. The fourth-order valence-corrected chi connectivity index (χ4v) is 7.70. The summed E-state index contributed by atoms with van der Waals surface area (Å²) in [7, 11) is 1.71. The van der Waals surface area contributed by atoms with E-state index < -0.39 is 0 Å². The molecule has 26 heavy (non-hydrogen) atoms. The minimum absolute atomic E-state index is 0.0247.